The molecule has 2 N–H and O–H groups in total. The Hall–Kier alpha value is -2.04. The lowest BCUT2D eigenvalue weighted by Gasteiger charge is -2.21. The number of benzene rings is 1. The van der Waals surface area contributed by atoms with Crippen molar-refractivity contribution in [3.8, 4) is 0 Å². The largest absolute Gasteiger partial charge is 0.480 e. The maximum Gasteiger partial charge on any atom is 0.323 e. The molecule has 0 aromatic heterocycles. The van der Waals surface area contributed by atoms with Crippen molar-refractivity contribution in [1.82, 2.24) is 4.90 Å². The SMILES string of the molecule is CCc1cccc(NC(=O)N(CC(=O)O)CC2CC2)c1. The smallest absolute Gasteiger partial charge is 0.323 e. The zero-order valence-electron chi connectivity index (χ0n) is 11.6. The van der Waals surface area contributed by atoms with E-state index in [1.54, 1.807) is 0 Å². The summed E-state index contributed by atoms with van der Waals surface area (Å²) in [5.41, 5.74) is 1.84. The highest BCUT2D eigenvalue weighted by atomic mass is 16.4. The van der Waals surface area contributed by atoms with Gasteiger partial charge in [0, 0.05) is 12.2 Å². The Morgan fingerprint density at radius 3 is 2.75 bits per heavy atom. The standard InChI is InChI=1S/C15H20N2O3/c1-2-11-4-3-5-13(8-11)16-15(20)17(10-14(18)19)9-12-6-7-12/h3-5,8,12H,2,6-7,9-10H2,1H3,(H,16,20)(H,18,19). The minimum Gasteiger partial charge on any atom is -0.480 e. The predicted octanol–water partition coefficient (Wildman–Crippen LogP) is 2.58. The van der Waals surface area contributed by atoms with Gasteiger partial charge in [-0.25, -0.2) is 4.79 Å². The molecule has 1 aliphatic carbocycles. The van der Waals surface area contributed by atoms with Crippen LogP contribution in [0.5, 0.6) is 0 Å². The van der Waals surface area contributed by atoms with Gasteiger partial charge in [-0.1, -0.05) is 19.1 Å². The minimum absolute atomic E-state index is 0.254. The van der Waals surface area contributed by atoms with E-state index in [0.29, 0.717) is 18.2 Å². The Morgan fingerprint density at radius 1 is 1.40 bits per heavy atom. The Bertz CT molecular complexity index is 498. The molecule has 5 heteroatoms. The fraction of sp³-hybridized carbons (Fsp3) is 0.467. The van der Waals surface area contributed by atoms with Crippen molar-refractivity contribution in [3.05, 3.63) is 29.8 Å². The molecule has 0 bridgehead atoms. The zero-order valence-corrected chi connectivity index (χ0v) is 11.6. The van der Waals surface area contributed by atoms with Crippen LogP contribution < -0.4 is 5.32 Å². The van der Waals surface area contributed by atoms with Crippen LogP contribution >= 0.6 is 0 Å². The van der Waals surface area contributed by atoms with Crippen LogP contribution in [0.1, 0.15) is 25.3 Å². The highest BCUT2D eigenvalue weighted by Crippen LogP contribution is 2.29. The number of amides is 2. The molecule has 1 saturated carbocycles. The lowest BCUT2D eigenvalue weighted by Crippen LogP contribution is -2.40. The van der Waals surface area contributed by atoms with E-state index in [-0.39, 0.29) is 12.6 Å². The molecule has 0 aliphatic heterocycles. The first-order valence-electron chi connectivity index (χ1n) is 6.95. The number of nitrogens with zero attached hydrogens (tertiary/aromatic N) is 1. The van der Waals surface area contributed by atoms with Gasteiger partial charge < -0.3 is 15.3 Å². The fourth-order valence-electron chi connectivity index (χ4n) is 2.07. The van der Waals surface area contributed by atoms with Crippen LogP contribution in [0.3, 0.4) is 0 Å². The molecule has 1 aromatic carbocycles. The van der Waals surface area contributed by atoms with Crippen molar-refractivity contribution in [2.45, 2.75) is 26.2 Å². The van der Waals surface area contributed by atoms with Crippen molar-refractivity contribution >= 4 is 17.7 Å². The number of urea groups is 1. The van der Waals surface area contributed by atoms with E-state index in [2.05, 4.69) is 5.32 Å². The van der Waals surface area contributed by atoms with Crippen LogP contribution in [-0.4, -0.2) is 35.1 Å². The van der Waals surface area contributed by atoms with Gasteiger partial charge in [0.2, 0.25) is 0 Å². The van der Waals surface area contributed by atoms with E-state index in [0.717, 1.165) is 24.8 Å². The second-order valence-electron chi connectivity index (χ2n) is 5.20. The number of aliphatic carboxylic acids is 1. The van der Waals surface area contributed by atoms with E-state index < -0.39 is 5.97 Å². The van der Waals surface area contributed by atoms with Gasteiger partial charge in [0.25, 0.3) is 0 Å². The summed E-state index contributed by atoms with van der Waals surface area (Å²) in [7, 11) is 0. The van der Waals surface area contributed by atoms with Gasteiger partial charge >= 0.3 is 12.0 Å². The molecular weight excluding hydrogens is 256 g/mol. The Morgan fingerprint density at radius 2 is 2.15 bits per heavy atom. The van der Waals surface area contributed by atoms with Crippen LogP contribution in [0.15, 0.2) is 24.3 Å². The molecule has 0 atom stereocenters. The number of nitrogens with one attached hydrogen (secondary N) is 1. The lowest BCUT2D eigenvalue weighted by molar-refractivity contribution is -0.137. The number of hydrogen-bond donors (Lipinski definition) is 2. The van der Waals surface area contributed by atoms with Crippen LogP contribution in [0.4, 0.5) is 10.5 Å². The topological polar surface area (TPSA) is 69.6 Å². The summed E-state index contributed by atoms with van der Waals surface area (Å²) in [5.74, 6) is -0.523. The van der Waals surface area contributed by atoms with Crippen molar-refractivity contribution in [2.24, 2.45) is 5.92 Å². The number of carboxylic acids is 1. The highest BCUT2D eigenvalue weighted by Gasteiger charge is 2.27. The lowest BCUT2D eigenvalue weighted by atomic mass is 10.1. The molecule has 0 heterocycles. The normalized spacial score (nSPS) is 13.8. The third-order valence-corrected chi connectivity index (χ3v) is 3.38. The van der Waals surface area contributed by atoms with E-state index in [1.807, 2.05) is 31.2 Å². The summed E-state index contributed by atoms with van der Waals surface area (Å²) < 4.78 is 0. The van der Waals surface area contributed by atoms with Gasteiger partial charge in [0.15, 0.2) is 0 Å². The number of carbonyl (C=O) groups excluding carboxylic acids is 1. The summed E-state index contributed by atoms with van der Waals surface area (Å²) in [5, 5.41) is 11.7. The molecule has 2 amide bonds. The first kappa shape index (κ1) is 14.4. The van der Waals surface area contributed by atoms with E-state index in [9.17, 15) is 9.59 Å². The van der Waals surface area contributed by atoms with Crippen molar-refractivity contribution in [2.75, 3.05) is 18.4 Å². The molecule has 0 spiro atoms. The fourth-order valence-corrected chi connectivity index (χ4v) is 2.07. The molecule has 108 valence electrons. The van der Waals surface area contributed by atoms with Crippen LogP contribution in [-0.2, 0) is 11.2 Å². The molecule has 1 aliphatic rings. The number of hydrogen-bond acceptors (Lipinski definition) is 2. The summed E-state index contributed by atoms with van der Waals surface area (Å²) >= 11 is 0. The van der Waals surface area contributed by atoms with Crippen LogP contribution in [0, 0.1) is 5.92 Å². The maximum atomic E-state index is 12.2. The summed E-state index contributed by atoms with van der Waals surface area (Å²) in [6.07, 6.45) is 3.05. The Labute approximate surface area is 118 Å². The first-order chi connectivity index (χ1) is 9.58. The van der Waals surface area contributed by atoms with Crippen molar-refractivity contribution in [3.63, 3.8) is 0 Å². The number of rotatable bonds is 6. The van der Waals surface area contributed by atoms with Gasteiger partial charge in [0.1, 0.15) is 6.54 Å². The molecule has 0 radical (unpaired) electrons. The predicted molar refractivity (Wildman–Crippen MR) is 76.8 cm³/mol. The van der Waals surface area contributed by atoms with Gasteiger partial charge in [-0.3, -0.25) is 4.79 Å². The van der Waals surface area contributed by atoms with E-state index in [1.165, 1.54) is 4.90 Å². The summed E-state index contributed by atoms with van der Waals surface area (Å²) in [6, 6.07) is 7.26. The average molecular weight is 276 g/mol. The molecule has 1 aromatic rings. The number of aryl methyl sites for hydroxylation is 1. The molecule has 1 fully saturated rings. The molecule has 5 nitrogen and oxygen atoms in total. The summed E-state index contributed by atoms with van der Waals surface area (Å²) in [6.45, 7) is 2.31. The van der Waals surface area contributed by atoms with Gasteiger partial charge in [-0.2, -0.15) is 0 Å². The third kappa shape index (κ3) is 4.26. The molecule has 2 rings (SSSR count). The summed E-state index contributed by atoms with van der Waals surface area (Å²) in [4.78, 5) is 24.4. The molecule has 20 heavy (non-hydrogen) atoms. The second-order valence-corrected chi connectivity index (χ2v) is 5.20. The maximum absolute atomic E-state index is 12.2. The van der Waals surface area contributed by atoms with Crippen molar-refractivity contribution in [1.29, 1.82) is 0 Å². The molecule has 0 unspecified atom stereocenters. The molecule has 0 saturated heterocycles. The zero-order chi connectivity index (χ0) is 14.5. The quantitative estimate of drug-likeness (QED) is 0.839. The third-order valence-electron chi connectivity index (χ3n) is 3.38. The number of anilines is 1. The van der Waals surface area contributed by atoms with E-state index >= 15 is 0 Å². The van der Waals surface area contributed by atoms with Gasteiger partial charge in [0.05, 0.1) is 0 Å². The Kier molecular flexibility index (Phi) is 4.61. The van der Waals surface area contributed by atoms with Gasteiger partial charge in [-0.15, -0.1) is 0 Å². The van der Waals surface area contributed by atoms with Crippen LogP contribution in [0.2, 0.25) is 0 Å². The minimum atomic E-state index is -0.983. The first-order valence-corrected chi connectivity index (χ1v) is 6.95. The highest BCUT2D eigenvalue weighted by molar-refractivity contribution is 5.91. The average Bonchev–Trinajstić information content (AvgIpc) is 3.21. The van der Waals surface area contributed by atoms with E-state index in [4.69, 9.17) is 5.11 Å². The Balaban J connectivity index is 2.00. The monoisotopic (exact) mass is 276 g/mol. The molecular formula is C15H20N2O3. The van der Waals surface area contributed by atoms with Crippen molar-refractivity contribution < 1.29 is 14.7 Å². The van der Waals surface area contributed by atoms with Gasteiger partial charge in [-0.05, 0) is 42.9 Å². The number of carboxylic acid groups (broad SMARTS) is 1. The second kappa shape index (κ2) is 6.41. The number of carbonyl (C=O) groups is 2. The van der Waals surface area contributed by atoms with Crippen LogP contribution in [0.25, 0.3) is 0 Å².